The maximum atomic E-state index is 9.87. The molecule has 1 aliphatic rings. The fourth-order valence-electron chi connectivity index (χ4n) is 1.41. The van der Waals surface area contributed by atoms with Crippen molar-refractivity contribution >= 4 is 33.0 Å². The van der Waals surface area contributed by atoms with E-state index in [1.54, 1.807) is 0 Å². The largest absolute Gasteiger partial charge is 2.00 e. The van der Waals surface area contributed by atoms with E-state index in [-0.39, 0.29) is 36.8 Å². The van der Waals surface area contributed by atoms with E-state index < -0.39 is 15.6 Å². The van der Waals surface area contributed by atoms with Crippen molar-refractivity contribution in [3.8, 4) is 0 Å². The molecular weight excluding hydrogens is 669 g/mol. The summed E-state index contributed by atoms with van der Waals surface area (Å²) in [6, 6.07) is 0. The molecule has 0 saturated carbocycles. The maximum absolute atomic E-state index is 10.7. The Balaban J connectivity index is -0.0000000808. The maximum Gasteiger partial charge on any atom is 2.00 e. The van der Waals surface area contributed by atoms with Crippen LogP contribution in [0.3, 0.4) is 0 Å². The fourth-order valence-corrected chi connectivity index (χ4v) is 1.41. The van der Waals surface area contributed by atoms with Crippen LogP contribution in [0.25, 0.3) is 0 Å². The number of carbonyl (C=O) groups is 3. The minimum absolute atomic E-state index is 0. The molecule has 0 fully saturated rings. The second kappa shape index (κ2) is 14.5. The van der Waals surface area contributed by atoms with Crippen LogP contribution in [0.5, 0.6) is 0 Å². The Morgan fingerprint density at radius 1 is 0.405 bits per heavy atom. The third-order valence-corrected chi connectivity index (χ3v) is 2.81. The van der Waals surface area contributed by atoms with Crippen molar-refractivity contribution in [1.29, 1.82) is 0 Å². The molecule has 0 amide bonds. The monoisotopic (exact) mass is 702 g/mol. The van der Waals surface area contributed by atoms with E-state index in [1.807, 2.05) is 0 Å². The summed E-state index contributed by atoms with van der Waals surface area (Å²) in [5, 5.41) is 0. The second-order valence-corrected chi connectivity index (χ2v) is 11.6. The summed E-state index contributed by atoms with van der Waals surface area (Å²) >= 11 is 0. The summed E-state index contributed by atoms with van der Waals surface area (Å²) in [6.07, 6.45) is 0. The average Bonchev–Trinajstić information content (AvgIpc) is 2.57. The molecule has 3 nitrogen and oxygen atoms in total. The van der Waals surface area contributed by atoms with Crippen LogP contribution in [0.4, 0.5) is 50.4 Å². The molecule has 0 aromatic heterocycles. The van der Waals surface area contributed by atoms with Crippen molar-refractivity contribution in [3.05, 3.63) is 28.2 Å². The van der Waals surface area contributed by atoms with Crippen molar-refractivity contribution in [3.63, 3.8) is 0 Å². The average molecular weight is 702 g/mol. The minimum Gasteiger partial charge on any atom is 2.00 e. The summed E-state index contributed by atoms with van der Waals surface area (Å²) in [7, 11) is -21.3. The van der Waals surface area contributed by atoms with Gasteiger partial charge in [0, 0.05) is 5.92 Å². The Kier molecular flexibility index (Phi) is 19.2. The van der Waals surface area contributed by atoms with E-state index in [0.717, 1.165) is 0 Å². The molecule has 0 spiro atoms. The number of halogens is 12. The molecule has 0 saturated heterocycles. The molecule has 1 aliphatic carbocycles. The van der Waals surface area contributed by atoms with E-state index in [4.69, 9.17) is 0 Å². The van der Waals surface area contributed by atoms with Crippen LogP contribution >= 0.6 is 15.6 Å². The number of ketones is 3. The minimum atomic E-state index is -10.7. The number of carbonyl (C=O) groups excluding carboxylic acids is 3. The van der Waals surface area contributed by atoms with Gasteiger partial charge >= 0.3 is 85.5 Å². The van der Waals surface area contributed by atoms with Gasteiger partial charge in [-0.15, -0.1) is 0 Å². The normalized spacial score (nSPS) is 16.6. The third-order valence-electron chi connectivity index (χ3n) is 2.81. The number of hydrogen-bond donors (Lipinski definition) is 0. The molecule has 0 aromatic carbocycles. The first kappa shape index (κ1) is 49.1. The van der Waals surface area contributed by atoms with Crippen LogP contribution in [0.2, 0.25) is 0 Å². The van der Waals surface area contributed by atoms with Crippen molar-refractivity contribution in [2.45, 2.75) is 76.2 Å². The van der Waals surface area contributed by atoms with Crippen LogP contribution in [0.1, 0.15) is 76.2 Å². The Hall–Kier alpha value is -0.867. The quantitative estimate of drug-likeness (QED) is 0.143. The molecule has 0 unspecified atom stereocenters. The van der Waals surface area contributed by atoms with Gasteiger partial charge in [0.05, 0.1) is 0 Å². The van der Waals surface area contributed by atoms with Crippen LogP contribution < -0.4 is 0 Å². The van der Waals surface area contributed by atoms with Crippen molar-refractivity contribution < 1.29 is 84.2 Å². The van der Waals surface area contributed by atoms with Gasteiger partial charge in [-0.05, 0) is 80.4 Å². The third kappa shape index (κ3) is 105. The van der Waals surface area contributed by atoms with E-state index in [2.05, 4.69) is 34.6 Å². The first-order chi connectivity index (χ1) is 14.6. The number of Topliss-reactive ketones (excluding diaryl/α,β-unsaturated/α-hetero) is 3. The van der Waals surface area contributed by atoms with Gasteiger partial charge in [-0.25, -0.2) is 0 Å². The standard InChI is InChI=1S/C10H15.3C3H6O.2F6P.Rh/c1-6-7(2)9(4)10(5)8(6)3;3*1-3(2)4;2*1-7(2,3,4,5)6;/h1-5H3;3*1-2H3;;;/q;;;;2*-1;+2. The van der Waals surface area contributed by atoms with Gasteiger partial charge in [0.2, 0.25) is 0 Å². The van der Waals surface area contributed by atoms with Crippen LogP contribution in [-0.4, -0.2) is 17.3 Å². The molecule has 0 aromatic rings. The second-order valence-electron chi connectivity index (χ2n) is 7.77. The molecule has 0 bridgehead atoms. The Morgan fingerprint density at radius 3 is 0.514 bits per heavy atom. The van der Waals surface area contributed by atoms with E-state index in [9.17, 15) is 64.7 Å². The predicted octanol–water partition coefficient (Wildman–Crippen LogP) is 11.8. The van der Waals surface area contributed by atoms with Gasteiger partial charge in [-0.1, -0.05) is 18.1 Å². The van der Waals surface area contributed by atoms with Crippen molar-refractivity contribution in [2.75, 3.05) is 0 Å². The number of allylic oxidation sites excluding steroid dienone is 4. The van der Waals surface area contributed by atoms with Crippen LogP contribution in [0.15, 0.2) is 22.3 Å². The molecule has 1 rings (SSSR count). The van der Waals surface area contributed by atoms with Gasteiger partial charge in [-0.2, -0.15) is 0 Å². The van der Waals surface area contributed by atoms with Gasteiger partial charge in [0.1, 0.15) is 17.3 Å². The zero-order chi connectivity index (χ0) is 31.4. The molecule has 18 heteroatoms. The molecule has 0 atom stereocenters. The number of rotatable bonds is 0. The number of hydrogen-bond acceptors (Lipinski definition) is 3. The zero-order valence-corrected chi connectivity index (χ0v) is 25.4. The zero-order valence-electron chi connectivity index (χ0n) is 22.0. The summed E-state index contributed by atoms with van der Waals surface area (Å²) in [4.78, 5) is 28.3. The molecule has 0 heterocycles. The Morgan fingerprint density at radius 2 is 0.486 bits per heavy atom. The predicted molar refractivity (Wildman–Crippen MR) is 122 cm³/mol. The summed E-state index contributed by atoms with van der Waals surface area (Å²) < 4.78 is 118. The molecule has 0 aliphatic heterocycles. The van der Waals surface area contributed by atoms with Gasteiger partial charge in [0.15, 0.2) is 0 Å². The van der Waals surface area contributed by atoms with Crippen LogP contribution in [0, 0.1) is 5.92 Å². The molecular formula is C19H33F12O3P2Rh. The summed E-state index contributed by atoms with van der Waals surface area (Å²) in [5.41, 5.74) is 5.87. The van der Waals surface area contributed by atoms with Crippen molar-refractivity contribution in [1.82, 2.24) is 0 Å². The topological polar surface area (TPSA) is 51.2 Å². The van der Waals surface area contributed by atoms with E-state index >= 15 is 0 Å². The fraction of sp³-hybridized carbons (Fsp3) is 0.579. The summed E-state index contributed by atoms with van der Waals surface area (Å²) in [5.74, 6) is 1.97. The first-order valence-electron chi connectivity index (χ1n) is 9.39. The van der Waals surface area contributed by atoms with Gasteiger partial charge in [0.25, 0.3) is 0 Å². The molecule has 0 N–H and O–H groups in total. The van der Waals surface area contributed by atoms with Crippen LogP contribution in [-0.2, 0) is 33.9 Å². The van der Waals surface area contributed by atoms with Gasteiger partial charge < -0.3 is 14.4 Å². The Bertz CT molecular complexity index is 726. The smallest absolute Gasteiger partial charge is 2.00 e. The van der Waals surface area contributed by atoms with Gasteiger partial charge in [-0.3, -0.25) is 0 Å². The van der Waals surface area contributed by atoms with Crippen molar-refractivity contribution in [2.24, 2.45) is 0 Å². The Labute approximate surface area is 221 Å². The van der Waals surface area contributed by atoms with E-state index in [0.29, 0.717) is 0 Å². The molecule has 230 valence electrons. The van der Waals surface area contributed by atoms with E-state index in [1.165, 1.54) is 69.8 Å². The summed E-state index contributed by atoms with van der Waals surface area (Å²) in [6.45, 7) is 20.2. The molecule has 37 heavy (non-hydrogen) atoms. The molecule has 2 radical (unpaired) electrons. The first-order valence-corrected chi connectivity index (χ1v) is 13.4. The SMILES string of the molecule is CC(C)=O.CC(C)=O.CC(C)=O.C[C]1C(C)=C(C)C(C)=C1C.F[P-](F)(F)(F)(F)F.F[P-](F)(F)(F)(F)F.[Rh+2].